The molecule has 9 heteroatoms. The van der Waals surface area contributed by atoms with Crippen LogP contribution in [0.4, 0.5) is 13.2 Å². The Morgan fingerprint density at radius 1 is 1.06 bits per heavy atom. The lowest BCUT2D eigenvalue weighted by Crippen LogP contribution is -2.55. The zero-order valence-electron chi connectivity index (χ0n) is 17.0. The van der Waals surface area contributed by atoms with Crippen LogP contribution in [-0.4, -0.2) is 33.0 Å². The quantitative estimate of drug-likeness (QED) is 0.730. The number of alkyl halides is 3. The van der Waals surface area contributed by atoms with E-state index in [0.717, 1.165) is 36.0 Å². The third-order valence-corrected chi connectivity index (χ3v) is 6.71. The first kappa shape index (κ1) is 19.3. The molecule has 6 rings (SSSR count). The van der Waals surface area contributed by atoms with Crippen molar-refractivity contribution >= 4 is 12.2 Å². The van der Waals surface area contributed by atoms with Crippen molar-refractivity contribution in [2.75, 3.05) is 0 Å². The van der Waals surface area contributed by atoms with Crippen molar-refractivity contribution in [1.82, 2.24) is 20.0 Å². The number of aromatic nitrogens is 2. The number of likely N-dealkylation sites (tertiary alicyclic amines) is 1. The summed E-state index contributed by atoms with van der Waals surface area (Å²) in [6, 6.07) is 7.41. The molecule has 2 aliphatic carbocycles. The molecule has 3 atom stereocenters. The Kier molecular flexibility index (Phi) is 4.12. The molecule has 1 aromatic carbocycles. The summed E-state index contributed by atoms with van der Waals surface area (Å²) >= 11 is 0. The minimum absolute atomic E-state index is 0.00336. The van der Waals surface area contributed by atoms with E-state index in [1.165, 1.54) is 6.20 Å². The van der Waals surface area contributed by atoms with Crippen LogP contribution in [0.5, 0.6) is 0 Å². The third kappa shape index (κ3) is 3.06. The summed E-state index contributed by atoms with van der Waals surface area (Å²) in [7, 11) is 0. The molecular formula is C23H20F3N5O. The van der Waals surface area contributed by atoms with Gasteiger partial charge in [0.2, 0.25) is 5.91 Å². The number of β-lactam (4-membered cyclic amide) rings is 1. The number of hydrogen-bond donors (Lipinski definition) is 1. The van der Waals surface area contributed by atoms with Crippen LogP contribution >= 0.6 is 0 Å². The van der Waals surface area contributed by atoms with Crippen LogP contribution in [0.15, 0.2) is 65.2 Å². The molecule has 1 saturated heterocycles. The first-order valence-electron chi connectivity index (χ1n) is 10.6. The fourth-order valence-electron chi connectivity index (χ4n) is 4.92. The van der Waals surface area contributed by atoms with Gasteiger partial charge in [0.15, 0.2) is 0 Å². The molecule has 164 valence electrons. The van der Waals surface area contributed by atoms with Crippen molar-refractivity contribution in [2.45, 2.75) is 37.6 Å². The van der Waals surface area contributed by atoms with Crippen LogP contribution in [0.1, 0.15) is 30.9 Å². The summed E-state index contributed by atoms with van der Waals surface area (Å²) in [5.41, 5.74) is 4.05. The zero-order valence-corrected chi connectivity index (χ0v) is 17.0. The second-order valence-electron chi connectivity index (χ2n) is 8.70. The van der Waals surface area contributed by atoms with Crippen LogP contribution in [0, 0.1) is 11.8 Å². The predicted molar refractivity (Wildman–Crippen MR) is 111 cm³/mol. The Morgan fingerprint density at radius 2 is 1.84 bits per heavy atom. The van der Waals surface area contributed by atoms with Gasteiger partial charge in [-0.05, 0) is 42.0 Å². The number of hydrogen-bond acceptors (Lipinski definition) is 4. The molecule has 1 saturated carbocycles. The molecule has 0 radical (unpaired) electrons. The first-order valence-corrected chi connectivity index (χ1v) is 10.6. The molecule has 4 aliphatic rings. The number of aliphatic imine (C=N–C) groups is 1. The molecule has 0 bridgehead atoms. The summed E-state index contributed by atoms with van der Waals surface area (Å²) in [6.07, 6.45) is 6.11. The maximum Gasteiger partial charge on any atom is 0.504 e. The van der Waals surface area contributed by atoms with E-state index in [2.05, 4.69) is 15.4 Å². The number of nitrogens with one attached hydrogen (secondary N) is 1. The maximum atomic E-state index is 13.1. The van der Waals surface area contributed by atoms with Gasteiger partial charge in [-0.25, -0.2) is 0 Å². The molecule has 1 amide bonds. The maximum absolute atomic E-state index is 13.1. The van der Waals surface area contributed by atoms with Crippen molar-refractivity contribution in [3.63, 3.8) is 0 Å². The van der Waals surface area contributed by atoms with Gasteiger partial charge in [-0.3, -0.25) is 9.79 Å². The average Bonchev–Trinajstić information content (AvgIpc) is 3.26. The zero-order chi connectivity index (χ0) is 22.0. The average molecular weight is 439 g/mol. The number of carbonyl (C=O) groups is 1. The molecule has 1 unspecified atom stereocenters. The summed E-state index contributed by atoms with van der Waals surface area (Å²) in [5, 5.41) is 6.53. The first-order chi connectivity index (χ1) is 15.4. The topological polar surface area (TPSA) is 62.5 Å². The SMILES string of the molecule is O=C1[C@H](C2CC2)[C@H](c2ccc(-c3cnn(C(F)(F)F)c3)cc2)N1C1=CC=C2NC=NC2C1. The highest BCUT2D eigenvalue weighted by atomic mass is 19.4. The van der Waals surface area contributed by atoms with Gasteiger partial charge in [0.05, 0.1) is 30.5 Å². The predicted octanol–water partition coefficient (Wildman–Crippen LogP) is 4.11. The van der Waals surface area contributed by atoms with E-state index in [1.54, 1.807) is 18.5 Å². The molecular weight excluding hydrogens is 419 g/mol. The molecule has 6 nitrogen and oxygen atoms in total. The van der Waals surface area contributed by atoms with Crippen molar-refractivity contribution in [2.24, 2.45) is 16.8 Å². The van der Waals surface area contributed by atoms with E-state index in [4.69, 9.17) is 0 Å². The van der Waals surface area contributed by atoms with Crippen molar-refractivity contribution in [1.29, 1.82) is 0 Å². The van der Waals surface area contributed by atoms with E-state index in [9.17, 15) is 18.0 Å². The summed E-state index contributed by atoms with van der Waals surface area (Å²) in [4.78, 5) is 19.4. The number of halogens is 3. The van der Waals surface area contributed by atoms with Gasteiger partial charge in [0.1, 0.15) is 0 Å². The number of nitrogens with zero attached hydrogens (tertiary/aromatic N) is 4. The third-order valence-electron chi connectivity index (χ3n) is 6.71. The number of rotatable bonds is 4. The van der Waals surface area contributed by atoms with Crippen molar-refractivity contribution < 1.29 is 18.0 Å². The smallest absolute Gasteiger partial charge is 0.348 e. The lowest BCUT2D eigenvalue weighted by Gasteiger charge is -2.49. The highest BCUT2D eigenvalue weighted by Gasteiger charge is 2.55. The fraction of sp³-hybridized carbons (Fsp3) is 0.348. The number of carbonyl (C=O) groups excluding carboxylic acids is 1. The van der Waals surface area contributed by atoms with E-state index in [-0.39, 0.29) is 28.6 Å². The van der Waals surface area contributed by atoms with E-state index < -0.39 is 6.30 Å². The van der Waals surface area contributed by atoms with Crippen molar-refractivity contribution in [3.8, 4) is 11.1 Å². The molecule has 1 aromatic heterocycles. The Bertz CT molecular complexity index is 1170. The number of amides is 1. The van der Waals surface area contributed by atoms with Crippen LogP contribution in [0.3, 0.4) is 0 Å². The molecule has 0 spiro atoms. The number of benzene rings is 1. The lowest BCUT2D eigenvalue weighted by molar-refractivity contribution is -0.212. The van der Waals surface area contributed by atoms with Crippen LogP contribution in [0.25, 0.3) is 11.1 Å². The lowest BCUT2D eigenvalue weighted by atomic mass is 9.77. The minimum atomic E-state index is -4.54. The summed E-state index contributed by atoms with van der Waals surface area (Å²) in [6.45, 7) is 0. The van der Waals surface area contributed by atoms with Crippen LogP contribution in [-0.2, 0) is 11.1 Å². The summed E-state index contributed by atoms with van der Waals surface area (Å²) in [5.74, 6) is 0.534. The molecule has 32 heavy (non-hydrogen) atoms. The second-order valence-corrected chi connectivity index (χ2v) is 8.70. The molecule has 1 N–H and O–H groups in total. The normalized spacial score (nSPS) is 26.9. The van der Waals surface area contributed by atoms with Crippen LogP contribution in [0.2, 0.25) is 0 Å². The number of fused-ring (bicyclic) bond motifs is 1. The standard InChI is InChI=1S/C23H20F3N5O/c24-23(25,26)30-11-16(10-29-30)13-1-5-15(6-2-13)21-20(14-3-4-14)22(32)31(21)17-7-8-18-19(9-17)28-12-27-18/h1-2,5-8,10-12,14,19-21H,3-4,9H2,(H,27,28)/t19?,20-,21+/m1/s1. The fourth-order valence-corrected chi connectivity index (χ4v) is 4.92. The molecule has 2 aliphatic heterocycles. The van der Waals surface area contributed by atoms with Gasteiger partial charge in [-0.1, -0.05) is 24.3 Å². The van der Waals surface area contributed by atoms with Gasteiger partial charge < -0.3 is 10.2 Å². The van der Waals surface area contributed by atoms with Gasteiger partial charge in [-0.2, -0.15) is 9.78 Å². The Balaban J connectivity index is 1.29. The van der Waals surface area contributed by atoms with Gasteiger partial charge in [0.25, 0.3) is 0 Å². The monoisotopic (exact) mass is 439 g/mol. The van der Waals surface area contributed by atoms with Gasteiger partial charge in [-0.15, -0.1) is 13.2 Å². The van der Waals surface area contributed by atoms with Crippen molar-refractivity contribution in [3.05, 3.63) is 65.8 Å². The minimum Gasteiger partial charge on any atom is -0.348 e. The largest absolute Gasteiger partial charge is 0.504 e. The van der Waals surface area contributed by atoms with Gasteiger partial charge >= 0.3 is 6.30 Å². The second kappa shape index (κ2) is 6.82. The Morgan fingerprint density at radius 3 is 2.53 bits per heavy atom. The van der Waals surface area contributed by atoms with E-state index in [0.29, 0.717) is 23.5 Å². The Labute approximate surface area is 182 Å². The molecule has 3 heterocycles. The van der Waals surface area contributed by atoms with Gasteiger partial charge in [0, 0.05) is 29.6 Å². The molecule has 2 aromatic rings. The number of allylic oxidation sites excluding steroid dienone is 2. The molecule has 2 fully saturated rings. The van der Waals surface area contributed by atoms with E-state index >= 15 is 0 Å². The summed E-state index contributed by atoms with van der Waals surface area (Å²) < 4.78 is 38.5. The van der Waals surface area contributed by atoms with Crippen LogP contribution < -0.4 is 5.32 Å². The highest BCUT2D eigenvalue weighted by Crippen LogP contribution is 2.54. The Hall–Kier alpha value is -3.36. The highest BCUT2D eigenvalue weighted by molar-refractivity contribution is 5.89. The van der Waals surface area contributed by atoms with E-state index in [1.807, 2.05) is 29.2 Å².